The molecule has 0 spiro atoms. The lowest BCUT2D eigenvalue weighted by molar-refractivity contribution is -0.319. The van der Waals surface area contributed by atoms with Gasteiger partial charge in [-0.1, -0.05) is 0 Å². The molecule has 0 unspecified atom stereocenters. The number of hydrogen-bond acceptors (Lipinski definition) is 16. The lowest BCUT2D eigenvalue weighted by Gasteiger charge is -2.43. The van der Waals surface area contributed by atoms with Crippen LogP contribution in [0.1, 0.15) is 13.8 Å². The fourth-order valence-corrected chi connectivity index (χ4v) is 5.41. The predicted octanol–water partition coefficient (Wildman–Crippen LogP) is -0.216. The monoisotopic (exact) mass is 664 g/mol. The van der Waals surface area contributed by atoms with Crippen LogP contribution in [0.3, 0.4) is 0 Å². The average Bonchev–Trinajstić information content (AvgIpc) is 3.04. The van der Waals surface area contributed by atoms with Crippen molar-refractivity contribution in [3.05, 3.63) is 46.6 Å². The van der Waals surface area contributed by atoms with Gasteiger partial charge in [0.25, 0.3) is 0 Å². The molecule has 2 fully saturated rings. The first-order valence-electron chi connectivity index (χ1n) is 14.5. The molecule has 2 aliphatic heterocycles. The summed E-state index contributed by atoms with van der Waals surface area (Å²) in [5.74, 6) is -1.13. The van der Waals surface area contributed by atoms with E-state index < -0.39 is 85.2 Å². The van der Waals surface area contributed by atoms with Crippen molar-refractivity contribution in [2.24, 2.45) is 0 Å². The molecule has 3 heterocycles. The van der Waals surface area contributed by atoms with Crippen molar-refractivity contribution in [3.63, 3.8) is 0 Å². The molecule has 2 aliphatic rings. The number of carbonyl (C=O) groups excluding carboxylic acids is 1. The van der Waals surface area contributed by atoms with E-state index in [1.54, 1.807) is 24.3 Å². The van der Waals surface area contributed by atoms with E-state index in [9.17, 15) is 40.2 Å². The number of aliphatic hydroxyl groups is 5. The van der Waals surface area contributed by atoms with Gasteiger partial charge in [0.15, 0.2) is 29.3 Å². The topological polar surface area (TPSA) is 233 Å². The number of fused-ring (bicyclic) bond motifs is 1. The van der Waals surface area contributed by atoms with Crippen LogP contribution in [0.2, 0.25) is 0 Å². The van der Waals surface area contributed by atoms with Crippen LogP contribution in [0.25, 0.3) is 22.3 Å². The summed E-state index contributed by atoms with van der Waals surface area (Å²) in [6.45, 7) is 2.09. The quantitative estimate of drug-likeness (QED) is 0.162. The van der Waals surface area contributed by atoms with Crippen LogP contribution in [0.15, 0.2) is 45.6 Å². The summed E-state index contributed by atoms with van der Waals surface area (Å²) in [6.07, 6.45) is -15.2. The first kappa shape index (κ1) is 34.3. The highest BCUT2D eigenvalue weighted by Gasteiger charge is 2.48. The molecule has 1 aromatic heterocycles. The van der Waals surface area contributed by atoms with Gasteiger partial charge in [0.05, 0.1) is 26.9 Å². The van der Waals surface area contributed by atoms with Gasteiger partial charge >= 0.3 is 5.97 Å². The second-order valence-corrected chi connectivity index (χ2v) is 11.1. The molecule has 256 valence electrons. The van der Waals surface area contributed by atoms with E-state index in [-0.39, 0.29) is 28.2 Å². The first-order chi connectivity index (χ1) is 22.3. The van der Waals surface area contributed by atoms with Crippen molar-refractivity contribution >= 4 is 16.9 Å². The lowest BCUT2D eigenvalue weighted by Crippen LogP contribution is -2.62. The summed E-state index contributed by atoms with van der Waals surface area (Å²) in [4.78, 5) is 24.4. The SMILES string of the molecule is COc1ccc(-c2cc(=O)c3c(O)c(OC)c(O[C@H]4O[C@@H](CO[C@@H]5O[C@H](C)[C@@H](OC(C)=O)[C@H](O)[C@@H]5O)[C@H](O)[C@@H](O)[C@@H]4O)cc3o2)cc1. The number of benzene rings is 2. The van der Waals surface area contributed by atoms with Crippen LogP contribution in [0.4, 0.5) is 0 Å². The minimum absolute atomic E-state index is 0.106. The van der Waals surface area contributed by atoms with Gasteiger partial charge in [0.1, 0.15) is 59.1 Å². The molecular weight excluding hydrogens is 628 g/mol. The zero-order valence-corrected chi connectivity index (χ0v) is 25.7. The molecule has 5 rings (SSSR count). The summed E-state index contributed by atoms with van der Waals surface area (Å²) in [5.41, 5.74) is -0.162. The van der Waals surface area contributed by atoms with Crippen molar-refractivity contribution in [1.82, 2.24) is 0 Å². The van der Waals surface area contributed by atoms with Crippen LogP contribution in [-0.4, -0.2) is 119 Å². The zero-order chi connectivity index (χ0) is 34.2. The number of phenolic OH excluding ortho intramolecular Hbond substituents is 1. The van der Waals surface area contributed by atoms with Gasteiger partial charge in [-0.15, -0.1) is 0 Å². The summed E-state index contributed by atoms with van der Waals surface area (Å²) >= 11 is 0. The maximum Gasteiger partial charge on any atom is 0.303 e. The second kappa shape index (κ2) is 14.0. The molecule has 2 aromatic carbocycles. The van der Waals surface area contributed by atoms with Crippen molar-refractivity contribution in [2.75, 3.05) is 20.8 Å². The molecule has 0 aliphatic carbocycles. The maximum absolute atomic E-state index is 13.0. The van der Waals surface area contributed by atoms with Gasteiger partial charge in [-0.25, -0.2) is 0 Å². The molecule has 2 saturated heterocycles. The number of carbonyl (C=O) groups is 1. The third-order valence-electron chi connectivity index (χ3n) is 7.91. The highest BCUT2D eigenvalue weighted by Crippen LogP contribution is 2.43. The number of hydrogen-bond donors (Lipinski definition) is 6. The van der Waals surface area contributed by atoms with Gasteiger partial charge < -0.3 is 68.2 Å². The molecule has 47 heavy (non-hydrogen) atoms. The van der Waals surface area contributed by atoms with Crippen molar-refractivity contribution in [3.8, 4) is 34.3 Å². The van der Waals surface area contributed by atoms with E-state index in [1.807, 2.05) is 0 Å². The summed E-state index contributed by atoms with van der Waals surface area (Å²) in [6, 6.07) is 9.11. The molecule has 16 heteroatoms. The Morgan fingerprint density at radius 3 is 2.19 bits per heavy atom. The number of ether oxygens (including phenoxy) is 7. The Morgan fingerprint density at radius 1 is 0.872 bits per heavy atom. The summed E-state index contributed by atoms with van der Waals surface area (Å²) in [7, 11) is 2.71. The molecule has 0 amide bonds. The highest BCUT2D eigenvalue weighted by atomic mass is 16.7. The number of aliphatic hydroxyl groups excluding tert-OH is 5. The Kier molecular flexibility index (Phi) is 10.2. The molecule has 10 atom stereocenters. The Hall–Kier alpha value is -4.00. The Bertz CT molecular complexity index is 1620. The number of methoxy groups -OCH3 is 2. The smallest absolute Gasteiger partial charge is 0.303 e. The predicted molar refractivity (Wildman–Crippen MR) is 158 cm³/mol. The molecular formula is C31H36O16. The first-order valence-corrected chi connectivity index (χ1v) is 14.5. The van der Waals surface area contributed by atoms with Crippen molar-refractivity contribution < 1.29 is 73.0 Å². The van der Waals surface area contributed by atoms with Gasteiger partial charge in [-0.2, -0.15) is 0 Å². The van der Waals surface area contributed by atoms with Gasteiger partial charge in [-0.3, -0.25) is 9.59 Å². The van der Waals surface area contributed by atoms with E-state index in [4.69, 9.17) is 37.6 Å². The summed E-state index contributed by atoms with van der Waals surface area (Å²) in [5, 5.41) is 63.6. The van der Waals surface area contributed by atoms with Crippen LogP contribution in [0, 0.1) is 0 Å². The Morgan fingerprint density at radius 2 is 1.55 bits per heavy atom. The molecule has 0 radical (unpaired) electrons. The normalized spacial score (nSPS) is 30.9. The third kappa shape index (κ3) is 6.86. The van der Waals surface area contributed by atoms with Crippen LogP contribution < -0.4 is 19.6 Å². The Labute approximate surface area is 267 Å². The fourth-order valence-electron chi connectivity index (χ4n) is 5.41. The number of esters is 1. The number of rotatable bonds is 9. The highest BCUT2D eigenvalue weighted by molar-refractivity contribution is 5.89. The summed E-state index contributed by atoms with van der Waals surface area (Å²) < 4.78 is 44.0. The standard InChI is InChI=1S/C31H36O16/c1-12-28(44-13(2)32)25(37)27(39)30(43-12)42-11-20-22(34)24(36)26(38)31(47-20)46-19-10-18-21(23(35)29(19)41-4)16(33)9-17(45-18)14-5-7-15(40-3)8-6-14/h5-10,12,20,22,24-28,30-31,34-39H,11H2,1-4H3/t12-,20+,22+,24-,25-,26+,27+,28-,30-,31+/m1/s1. The van der Waals surface area contributed by atoms with Crippen LogP contribution in [-0.2, 0) is 23.7 Å². The van der Waals surface area contributed by atoms with E-state index in [1.165, 1.54) is 33.3 Å². The van der Waals surface area contributed by atoms with Gasteiger partial charge in [0, 0.05) is 24.6 Å². The van der Waals surface area contributed by atoms with Gasteiger partial charge in [0.2, 0.25) is 12.0 Å². The van der Waals surface area contributed by atoms with Crippen LogP contribution in [0.5, 0.6) is 23.0 Å². The third-order valence-corrected chi connectivity index (χ3v) is 7.91. The zero-order valence-electron chi connectivity index (χ0n) is 25.7. The molecule has 3 aromatic rings. The largest absolute Gasteiger partial charge is 0.504 e. The minimum atomic E-state index is -1.83. The average molecular weight is 665 g/mol. The Balaban J connectivity index is 1.37. The van der Waals surface area contributed by atoms with Crippen molar-refractivity contribution in [2.45, 2.75) is 75.3 Å². The van der Waals surface area contributed by atoms with Crippen LogP contribution >= 0.6 is 0 Å². The molecule has 0 saturated carbocycles. The maximum atomic E-state index is 13.0. The molecule has 6 N–H and O–H groups in total. The minimum Gasteiger partial charge on any atom is -0.504 e. The van der Waals surface area contributed by atoms with Crippen molar-refractivity contribution in [1.29, 1.82) is 0 Å². The van der Waals surface area contributed by atoms with E-state index in [0.29, 0.717) is 11.3 Å². The fraction of sp³-hybridized carbons (Fsp3) is 0.484. The van der Waals surface area contributed by atoms with E-state index in [0.717, 1.165) is 6.92 Å². The molecule has 16 nitrogen and oxygen atoms in total. The van der Waals surface area contributed by atoms with E-state index in [2.05, 4.69) is 0 Å². The number of phenols is 1. The molecule has 0 bridgehead atoms. The lowest BCUT2D eigenvalue weighted by atomic mass is 9.98. The number of aromatic hydroxyl groups is 1. The second-order valence-electron chi connectivity index (χ2n) is 11.1. The van der Waals surface area contributed by atoms with E-state index >= 15 is 0 Å². The van der Waals surface area contributed by atoms with Gasteiger partial charge in [-0.05, 0) is 31.2 Å².